The highest BCUT2D eigenvalue weighted by molar-refractivity contribution is 6.03. The molecule has 0 fully saturated rings. The number of methoxy groups -OCH3 is 1. The SMILES string of the molecule is C=C(OC(=C)c1ccc(NC(=O)c2cccc(C)n2)cc1)C(=O)N[C@H](C(=O)N[C@@H](C)COC)C(CC)CCCC. The number of pyridine rings is 1. The molecule has 0 saturated carbocycles. The Kier molecular flexibility index (Phi) is 13.1. The maximum atomic E-state index is 13.1. The van der Waals surface area contributed by atoms with Crippen LogP contribution in [0.4, 0.5) is 5.69 Å². The van der Waals surface area contributed by atoms with Crippen molar-refractivity contribution in [1.29, 1.82) is 0 Å². The number of amides is 3. The van der Waals surface area contributed by atoms with Crippen LogP contribution in [0, 0.1) is 12.8 Å². The van der Waals surface area contributed by atoms with E-state index < -0.39 is 11.9 Å². The van der Waals surface area contributed by atoms with Gasteiger partial charge >= 0.3 is 0 Å². The summed E-state index contributed by atoms with van der Waals surface area (Å²) >= 11 is 0. The fourth-order valence-corrected chi connectivity index (χ4v) is 4.17. The predicted octanol–water partition coefficient (Wildman–Crippen LogP) is 5.00. The first-order chi connectivity index (χ1) is 19.1. The van der Waals surface area contributed by atoms with E-state index in [2.05, 4.69) is 41.0 Å². The van der Waals surface area contributed by atoms with Crippen LogP contribution < -0.4 is 16.0 Å². The second-order valence-corrected chi connectivity index (χ2v) is 9.77. The number of aryl methyl sites for hydroxylation is 1. The Labute approximate surface area is 237 Å². The van der Waals surface area contributed by atoms with Gasteiger partial charge in [0.1, 0.15) is 17.5 Å². The molecule has 3 amide bonds. The minimum atomic E-state index is -0.747. The second kappa shape index (κ2) is 16.2. The van der Waals surface area contributed by atoms with Crippen molar-refractivity contribution in [2.24, 2.45) is 5.92 Å². The average Bonchev–Trinajstić information content (AvgIpc) is 2.92. The van der Waals surface area contributed by atoms with Gasteiger partial charge in [-0.3, -0.25) is 14.4 Å². The van der Waals surface area contributed by atoms with E-state index >= 15 is 0 Å². The molecule has 9 nitrogen and oxygen atoms in total. The molecule has 0 radical (unpaired) electrons. The Balaban J connectivity index is 2.03. The molecule has 40 heavy (non-hydrogen) atoms. The fourth-order valence-electron chi connectivity index (χ4n) is 4.17. The van der Waals surface area contributed by atoms with Crippen LogP contribution in [0.3, 0.4) is 0 Å². The summed E-state index contributed by atoms with van der Waals surface area (Å²) in [5, 5.41) is 8.53. The molecule has 3 N–H and O–H groups in total. The summed E-state index contributed by atoms with van der Waals surface area (Å²) in [7, 11) is 1.57. The van der Waals surface area contributed by atoms with Crippen molar-refractivity contribution in [1.82, 2.24) is 15.6 Å². The van der Waals surface area contributed by atoms with Crippen LogP contribution in [0.25, 0.3) is 5.76 Å². The Hall–Kier alpha value is -3.98. The number of carbonyl (C=O) groups is 3. The number of carbonyl (C=O) groups excluding carboxylic acids is 3. The highest BCUT2D eigenvalue weighted by atomic mass is 16.5. The summed E-state index contributed by atoms with van der Waals surface area (Å²) < 4.78 is 10.8. The Morgan fingerprint density at radius 1 is 1.02 bits per heavy atom. The smallest absolute Gasteiger partial charge is 0.287 e. The van der Waals surface area contributed by atoms with Crippen molar-refractivity contribution in [3.63, 3.8) is 0 Å². The van der Waals surface area contributed by atoms with Crippen LogP contribution in [-0.2, 0) is 19.1 Å². The van der Waals surface area contributed by atoms with Gasteiger partial charge in [0.05, 0.1) is 6.61 Å². The standard InChI is InChI=1S/C31H42N4O5/c1-8-10-13-24(9-2)28(31(38)33-21(4)19-39-7)35-29(36)23(6)40-22(5)25-15-17-26(18-16-25)34-30(37)27-14-11-12-20(3)32-27/h11-12,14-18,21,24,28H,5-6,8-10,13,19H2,1-4,7H3,(H,33,38)(H,34,37)(H,35,36)/t21-,24?,28-/m0/s1. The van der Waals surface area contributed by atoms with Crippen molar-refractivity contribution in [3.8, 4) is 0 Å². The predicted molar refractivity (Wildman–Crippen MR) is 157 cm³/mol. The topological polar surface area (TPSA) is 119 Å². The molecule has 0 aliphatic heterocycles. The molecule has 1 aromatic heterocycles. The zero-order valence-corrected chi connectivity index (χ0v) is 24.2. The van der Waals surface area contributed by atoms with Crippen molar-refractivity contribution < 1.29 is 23.9 Å². The molecule has 0 aliphatic carbocycles. The van der Waals surface area contributed by atoms with Gasteiger partial charge in [0.2, 0.25) is 5.91 Å². The molecular weight excluding hydrogens is 508 g/mol. The molecule has 0 bridgehead atoms. The maximum Gasteiger partial charge on any atom is 0.287 e. The Morgan fingerprint density at radius 2 is 1.73 bits per heavy atom. The zero-order valence-electron chi connectivity index (χ0n) is 24.2. The maximum absolute atomic E-state index is 13.1. The molecular formula is C31H42N4O5. The van der Waals surface area contributed by atoms with E-state index in [1.165, 1.54) is 0 Å². The van der Waals surface area contributed by atoms with Gasteiger partial charge in [-0.15, -0.1) is 0 Å². The lowest BCUT2D eigenvalue weighted by molar-refractivity contribution is -0.130. The van der Waals surface area contributed by atoms with Gasteiger partial charge < -0.3 is 25.4 Å². The molecule has 0 saturated heterocycles. The first-order valence-electron chi connectivity index (χ1n) is 13.6. The Morgan fingerprint density at radius 3 is 2.33 bits per heavy atom. The molecule has 2 rings (SSSR count). The molecule has 1 aromatic carbocycles. The van der Waals surface area contributed by atoms with Gasteiger partial charge in [0.25, 0.3) is 11.8 Å². The fraction of sp³-hybridized carbons (Fsp3) is 0.419. The average molecular weight is 551 g/mol. The molecule has 3 atom stereocenters. The van der Waals surface area contributed by atoms with E-state index in [1.54, 1.807) is 43.5 Å². The van der Waals surface area contributed by atoms with Crippen molar-refractivity contribution in [3.05, 3.63) is 78.3 Å². The summed E-state index contributed by atoms with van der Waals surface area (Å²) in [6, 6.07) is 11.1. The Bertz CT molecular complexity index is 1180. The zero-order chi connectivity index (χ0) is 29.7. The van der Waals surface area contributed by atoms with E-state index in [0.717, 1.165) is 31.4 Å². The number of aromatic nitrogens is 1. The number of ether oxygens (including phenoxy) is 2. The van der Waals surface area contributed by atoms with Gasteiger partial charge in [0, 0.05) is 30.1 Å². The number of nitrogens with one attached hydrogen (secondary N) is 3. The van der Waals surface area contributed by atoms with Gasteiger partial charge in [0.15, 0.2) is 5.76 Å². The van der Waals surface area contributed by atoms with Crippen molar-refractivity contribution >= 4 is 29.2 Å². The quantitative estimate of drug-likeness (QED) is 0.200. The third-order valence-corrected chi connectivity index (χ3v) is 6.38. The monoisotopic (exact) mass is 550 g/mol. The highest BCUT2D eigenvalue weighted by Gasteiger charge is 2.30. The summed E-state index contributed by atoms with van der Waals surface area (Å²) in [6.07, 6.45) is 3.45. The van der Waals surface area contributed by atoms with E-state index in [0.29, 0.717) is 23.6 Å². The first-order valence-corrected chi connectivity index (χ1v) is 13.6. The molecule has 9 heteroatoms. The molecule has 1 unspecified atom stereocenters. The number of anilines is 1. The van der Waals surface area contributed by atoms with Crippen molar-refractivity contribution in [2.45, 2.75) is 65.5 Å². The normalized spacial score (nSPS) is 12.9. The van der Waals surface area contributed by atoms with Crippen LogP contribution in [0.2, 0.25) is 0 Å². The van der Waals surface area contributed by atoms with Crippen LogP contribution in [0.1, 0.15) is 68.2 Å². The first kappa shape index (κ1) is 32.2. The largest absolute Gasteiger partial charge is 0.452 e. The van der Waals surface area contributed by atoms with Crippen LogP contribution in [0.15, 0.2) is 61.4 Å². The molecule has 2 aromatic rings. The highest BCUT2D eigenvalue weighted by Crippen LogP contribution is 2.21. The second-order valence-electron chi connectivity index (χ2n) is 9.77. The summed E-state index contributed by atoms with van der Waals surface area (Å²) in [5.74, 6) is -1.22. The lowest BCUT2D eigenvalue weighted by atomic mass is 9.90. The van der Waals surface area contributed by atoms with Crippen LogP contribution >= 0.6 is 0 Å². The van der Waals surface area contributed by atoms with Crippen LogP contribution in [0.5, 0.6) is 0 Å². The van der Waals surface area contributed by atoms with Gasteiger partial charge in [-0.2, -0.15) is 0 Å². The third-order valence-electron chi connectivity index (χ3n) is 6.38. The number of nitrogens with zero attached hydrogens (tertiary/aromatic N) is 1. The minimum absolute atomic E-state index is 0.0487. The molecule has 216 valence electrons. The summed E-state index contributed by atoms with van der Waals surface area (Å²) in [6.45, 7) is 15.8. The number of hydrogen-bond acceptors (Lipinski definition) is 6. The summed E-state index contributed by atoms with van der Waals surface area (Å²) in [4.78, 5) is 42.8. The number of unbranched alkanes of at least 4 members (excludes halogenated alkanes) is 1. The van der Waals surface area contributed by atoms with Gasteiger partial charge in [-0.1, -0.05) is 52.3 Å². The summed E-state index contributed by atoms with van der Waals surface area (Å²) in [5.41, 5.74) is 2.23. The van der Waals surface area contributed by atoms with E-state index in [4.69, 9.17) is 9.47 Å². The third kappa shape index (κ3) is 9.96. The van der Waals surface area contributed by atoms with Gasteiger partial charge in [-0.25, -0.2) is 4.98 Å². The minimum Gasteiger partial charge on any atom is -0.452 e. The molecule has 0 aliphatic rings. The molecule has 0 spiro atoms. The lowest BCUT2D eigenvalue weighted by Gasteiger charge is -2.28. The lowest BCUT2D eigenvalue weighted by Crippen LogP contribution is -2.53. The van der Waals surface area contributed by atoms with E-state index in [9.17, 15) is 14.4 Å². The van der Waals surface area contributed by atoms with E-state index in [1.807, 2.05) is 26.8 Å². The number of hydrogen-bond donors (Lipinski definition) is 3. The number of benzene rings is 1. The van der Waals surface area contributed by atoms with E-state index in [-0.39, 0.29) is 35.3 Å². The molecule has 1 heterocycles. The van der Waals surface area contributed by atoms with Gasteiger partial charge in [-0.05, 0) is 62.6 Å². The number of rotatable bonds is 16. The van der Waals surface area contributed by atoms with Crippen molar-refractivity contribution in [2.75, 3.05) is 19.0 Å². The van der Waals surface area contributed by atoms with Crippen LogP contribution in [-0.4, -0.2) is 48.5 Å².